The summed E-state index contributed by atoms with van der Waals surface area (Å²) in [6.45, 7) is 2.13. The Hall–Kier alpha value is -2.14. The van der Waals surface area contributed by atoms with Crippen LogP contribution in [-0.2, 0) is 11.2 Å². The van der Waals surface area contributed by atoms with Gasteiger partial charge in [-0.25, -0.2) is 4.99 Å². The number of hydrogen-bond acceptors (Lipinski definition) is 3. The van der Waals surface area contributed by atoms with E-state index in [1.54, 1.807) is 0 Å². The van der Waals surface area contributed by atoms with E-state index >= 15 is 0 Å². The molecule has 1 rings (SSSR count). The van der Waals surface area contributed by atoms with Crippen molar-refractivity contribution in [2.75, 3.05) is 7.05 Å². The average molecular weight is 260 g/mol. The van der Waals surface area contributed by atoms with Gasteiger partial charge >= 0.3 is 0 Å². The number of rotatable bonds is 7. The maximum atomic E-state index is 10.0. The SMILES string of the molecule is CNC(C)Cc1ccc(N=C(N)/C=C\NC=O)cc1. The van der Waals surface area contributed by atoms with Gasteiger partial charge in [0, 0.05) is 12.2 Å². The molecule has 0 bridgehead atoms. The zero-order chi connectivity index (χ0) is 14.1. The Morgan fingerprint density at radius 3 is 2.68 bits per heavy atom. The number of carbonyl (C=O) groups is 1. The molecule has 0 radical (unpaired) electrons. The summed E-state index contributed by atoms with van der Waals surface area (Å²) in [5.74, 6) is 0.339. The Labute approximate surface area is 113 Å². The fourth-order valence-electron chi connectivity index (χ4n) is 1.52. The summed E-state index contributed by atoms with van der Waals surface area (Å²) >= 11 is 0. The van der Waals surface area contributed by atoms with Gasteiger partial charge in [0.1, 0.15) is 5.84 Å². The summed E-state index contributed by atoms with van der Waals surface area (Å²) in [6.07, 6.45) is 4.51. The lowest BCUT2D eigenvalue weighted by molar-refractivity contribution is -0.108. The van der Waals surface area contributed by atoms with Gasteiger partial charge in [0.15, 0.2) is 0 Å². The molecule has 1 atom stereocenters. The number of amidine groups is 1. The predicted octanol–water partition coefficient (Wildman–Crippen LogP) is 1.09. The van der Waals surface area contributed by atoms with Crippen LogP contribution in [0.3, 0.4) is 0 Å². The molecule has 0 fully saturated rings. The first-order valence-electron chi connectivity index (χ1n) is 6.12. The second kappa shape index (κ2) is 8.05. The van der Waals surface area contributed by atoms with Gasteiger partial charge in [0.2, 0.25) is 6.41 Å². The van der Waals surface area contributed by atoms with Gasteiger partial charge in [-0.2, -0.15) is 0 Å². The second-order valence-corrected chi connectivity index (χ2v) is 4.21. The Morgan fingerprint density at radius 2 is 2.11 bits per heavy atom. The quantitative estimate of drug-likeness (QED) is 0.390. The molecular formula is C14H20N4O. The number of nitrogens with zero attached hydrogens (tertiary/aromatic N) is 1. The van der Waals surface area contributed by atoms with Crippen molar-refractivity contribution in [1.29, 1.82) is 0 Å². The minimum atomic E-state index is 0.339. The topological polar surface area (TPSA) is 79.5 Å². The van der Waals surface area contributed by atoms with Gasteiger partial charge < -0.3 is 16.4 Å². The first kappa shape index (κ1) is 14.9. The third-order valence-corrected chi connectivity index (χ3v) is 2.65. The summed E-state index contributed by atoms with van der Waals surface area (Å²) in [5.41, 5.74) is 7.72. The smallest absolute Gasteiger partial charge is 0.211 e. The lowest BCUT2D eigenvalue weighted by Crippen LogP contribution is -2.23. The van der Waals surface area contributed by atoms with Crippen molar-refractivity contribution in [3.05, 3.63) is 42.1 Å². The zero-order valence-corrected chi connectivity index (χ0v) is 11.3. The average Bonchev–Trinajstić information content (AvgIpc) is 2.41. The molecule has 1 amide bonds. The van der Waals surface area contributed by atoms with E-state index in [9.17, 15) is 4.79 Å². The lowest BCUT2D eigenvalue weighted by Gasteiger charge is -2.09. The summed E-state index contributed by atoms with van der Waals surface area (Å²) < 4.78 is 0. The predicted molar refractivity (Wildman–Crippen MR) is 78.3 cm³/mol. The van der Waals surface area contributed by atoms with Gasteiger partial charge in [0.25, 0.3) is 0 Å². The number of nitrogens with one attached hydrogen (secondary N) is 2. The van der Waals surface area contributed by atoms with E-state index in [0.717, 1.165) is 12.1 Å². The van der Waals surface area contributed by atoms with E-state index in [1.165, 1.54) is 17.8 Å². The number of benzene rings is 1. The maximum Gasteiger partial charge on any atom is 0.211 e. The van der Waals surface area contributed by atoms with Crippen molar-refractivity contribution in [3.63, 3.8) is 0 Å². The van der Waals surface area contributed by atoms with Crippen LogP contribution in [0.1, 0.15) is 12.5 Å². The molecule has 5 heteroatoms. The highest BCUT2D eigenvalue weighted by Gasteiger charge is 2.00. The van der Waals surface area contributed by atoms with Crippen LogP contribution in [0.5, 0.6) is 0 Å². The fourth-order valence-corrected chi connectivity index (χ4v) is 1.52. The molecule has 0 aliphatic carbocycles. The van der Waals surface area contributed by atoms with Crippen LogP contribution in [0.15, 0.2) is 41.5 Å². The van der Waals surface area contributed by atoms with Gasteiger partial charge in [-0.3, -0.25) is 4.79 Å². The maximum absolute atomic E-state index is 10.0. The number of nitrogens with two attached hydrogens (primary N) is 1. The van der Waals surface area contributed by atoms with Crippen molar-refractivity contribution in [3.8, 4) is 0 Å². The summed E-state index contributed by atoms with van der Waals surface area (Å²) in [4.78, 5) is 14.3. The molecule has 4 N–H and O–H groups in total. The van der Waals surface area contributed by atoms with E-state index in [-0.39, 0.29) is 0 Å². The molecule has 1 aromatic carbocycles. The Bertz CT molecular complexity index is 451. The largest absolute Gasteiger partial charge is 0.384 e. The van der Waals surface area contributed by atoms with Gasteiger partial charge in [-0.15, -0.1) is 0 Å². The minimum Gasteiger partial charge on any atom is -0.384 e. The van der Waals surface area contributed by atoms with Crippen molar-refractivity contribution >= 4 is 17.9 Å². The molecule has 0 spiro atoms. The molecule has 5 nitrogen and oxygen atoms in total. The molecule has 0 aromatic heterocycles. The molecule has 1 aromatic rings. The van der Waals surface area contributed by atoms with Crippen molar-refractivity contribution < 1.29 is 4.79 Å². The van der Waals surface area contributed by atoms with Crippen LogP contribution in [0.25, 0.3) is 0 Å². The van der Waals surface area contributed by atoms with E-state index in [2.05, 4.69) is 22.5 Å². The third kappa shape index (κ3) is 5.83. The molecule has 19 heavy (non-hydrogen) atoms. The highest BCUT2D eigenvalue weighted by atomic mass is 16.1. The minimum absolute atomic E-state index is 0.339. The van der Waals surface area contributed by atoms with Crippen LogP contribution in [0.4, 0.5) is 5.69 Å². The van der Waals surface area contributed by atoms with E-state index in [0.29, 0.717) is 18.3 Å². The van der Waals surface area contributed by atoms with E-state index in [1.807, 2.05) is 31.3 Å². The van der Waals surface area contributed by atoms with Crippen LogP contribution in [0, 0.1) is 0 Å². The number of likely N-dealkylation sites (N-methyl/N-ethyl adjacent to an activating group) is 1. The highest BCUT2D eigenvalue weighted by Crippen LogP contribution is 2.14. The third-order valence-electron chi connectivity index (χ3n) is 2.65. The number of carbonyl (C=O) groups excluding carboxylic acids is 1. The van der Waals surface area contributed by atoms with Crippen LogP contribution >= 0.6 is 0 Å². The summed E-state index contributed by atoms with van der Waals surface area (Å²) in [5, 5.41) is 5.57. The lowest BCUT2D eigenvalue weighted by atomic mass is 10.1. The standard InChI is InChI=1S/C14H20N4O/c1-11(16-2)9-12-3-5-13(6-4-12)18-14(15)7-8-17-10-19/h3-8,10-11,16H,9H2,1-2H3,(H2,15,18)(H,17,19)/b8-7-. The van der Waals surface area contributed by atoms with Gasteiger partial charge in [-0.1, -0.05) is 12.1 Å². The monoisotopic (exact) mass is 260 g/mol. The summed E-state index contributed by atoms with van der Waals surface area (Å²) in [7, 11) is 1.95. The first-order valence-corrected chi connectivity index (χ1v) is 6.12. The molecule has 0 aliphatic heterocycles. The van der Waals surface area contributed by atoms with Crippen molar-refractivity contribution in [2.45, 2.75) is 19.4 Å². The normalized spacial score (nSPS) is 13.5. The zero-order valence-electron chi connectivity index (χ0n) is 11.3. The number of amides is 1. The Kier molecular flexibility index (Phi) is 6.32. The van der Waals surface area contributed by atoms with E-state index in [4.69, 9.17) is 5.73 Å². The molecular weight excluding hydrogens is 240 g/mol. The molecule has 0 heterocycles. The number of hydrogen-bond donors (Lipinski definition) is 3. The molecule has 0 aliphatic rings. The molecule has 0 saturated heterocycles. The molecule has 1 unspecified atom stereocenters. The first-order chi connectivity index (χ1) is 9.15. The Morgan fingerprint density at radius 1 is 1.42 bits per heavy atom. The highest BCUT2D eigenvalue weighted by molar-refractivity contribution is 5.93. The Balaban J connectivity index is 2.65. The van der Waals surface area contributed by atoms with Crippen LogP contribution < -0.4 is 16.4 Å². The van der Waals surface area contributed by atoms with Gasteiger partial charge in [-0.05, 0) is 44.2 Å². The summed E-state index contributed by atoms with van der Waals surface area (Å²) in [6, 6.07) is 8.36. The van der Waals surface area contributed by atoms with Crippen LogP contribution in [0.2, 0.25) is 0 Å². The fraction of sp³-hybridized carbons (Fsp3) is 0.286. The number of aliphatic imine (C=N–C) groups is 1. The van der Waals surface area contributed by atoms with Crippen molar-refractivity contribution in [2.24, 2.45) is 10.7 Å². The van der Waals surface area contributed by atoms with Gasteiger partial charge in [0.05, 0.1) is 5.69 Å². The van der Waals surface area contributed by atoms with E-state index < -0.39 is 0 Å². The molecule has 0 saturated carbocycles. The molecule has 102 valence electrons. The second-order valence-electron chi connectivity index (χ2n) is 4.21. The van der Waals surface area contributed by atoms with Crippen molar-refractivity contribution in [1.82, 2.24) is 10.6 Å². The van der Waals surface area contributed by atoms with Crippen LogP contribution in [-0.4, -0.2) is 25.3 Å².